The second kappa shape index (κ2) is 6.00. The van der Waals surface area contributed by atoms with Crippen molar-refractivity contribution in [1.82, 2.24) is 9.97 Å². The maximum Gasteiger partial charge on any atom is 0.226 e. The van der Waals surface area contributed by atoms with Crippen LogP contribution < -0.4 is 10.2 Å². The van der Waals surface area contributed by atoms with Gasteiger partial charge >= 0.3 is 0 Å². The molecule has 0 radical (unpaired) electrons. The molecule has 1 saturated heterocycles. The van der Waals surface area contributed by atoms with Crippen LogP contribution in [0, 0.1) is 5.92 Å². The van der Waals surface area contributed by atoms with Gasteiger partial charge in [-0.05, 0) is 31.7 Å². The molecule has 1 atom stereocenters. The van der Waals surface area contributed by atoms with Gasteiger partial charge in [-0.1, -0.05) is 0 Å². The second-order valence-corrected chi connectivity index (χ2v) is 5.02. The van der Waals surface area contributed by atoms with Gasteiger partial charge in [-0.15, -0.1) is 0 Å². The molecule has 0 aliphatic carbocycles. The van der Waals surface area contributed by atoms with Crippen LogP contribution in [0.4, 0.5) is 11.8 Å². The highest BCUT2D eigenvalue weighted by molar-refractivity contribution is 5.41. The van der Waals surface area contributed by atoms with Crippen molar-refractivity contribution in [3.8, 4) is 0 Å². The minimum atomic E-state index is 0.416. The van der Waals surface area contributed by atoms with E-state index in [9.17, 15) is 0 Å². The number of hydrogen-bond acceptors (Lipinski definition) is 5. The Bertz CT molecular complexity index is 377. The van der Waals surface area contributed by atoms with Crippen LogP contribution in [0.2, 0.25) is 0 Å². The fourth-order valence-corrected chi connectivity index (χ4v) is 2.21. The molecule has 0 aromatic carbocycles. The normalized spacial score (nSPS) is 18.4. The lowest BCUT2D eigenvalue weighted by atomic mass is 9.93. The van der Waals surface area contributed by atoms with Gasteiger partial charge in [0.05, 0.1) is 0 Å². The summed E-state index contributed by atoms with van der Waals surface area (Å²) in [5.41, 5.74) is 0. The summed E-state index contributed by atoms with van der Waals surface area (Å²) in [5, 5.41) is 3.47. The van der Waals surface area contributed by atoms with Gasteiger partial charge in [0, 0.05) is 39.5 Å². The number of hydrogen-bond donors (Lipinski definition) is 1. The van der Waals surface area contributed by atoms with Crippen LogP contribution in [0.5, 0.6) is 0 Å². The van der Waals surface area contributed by atoms with E-state index in [4.69, 9.17) is 4.74 Å². The molecular formula is C13H22N4O. The van der Waals surface area contributed by atoms with E-state index >= 15 is 0 Å². The van der Waals surface area contributed by atoms with Crippen LogP contribution in [0.25, 0.3) is 0 Å². The zero-order valence-electron chi connectivity index (χ0n) is 11.4. The monoisotopic (exact) mass is 250 g/mol. The molecule has 1 aromatic rings. The first-order valence-electron chi connectivity index (χ1n) is 6.51. The topological polar surface area (TPSA) is 50.3 Å². The molecule has 1 unspecified atom stereocenters. The summed E-state index contributed by atoms with van der Waals surface area (Å²) in [6.45, 7) is 3.97. The average molecular weight is 250 g/mol. The zero-order chi connectivity index (χ0) is 13.0. The fraction of sp³-hybridized carbons (Fsp3) is 0.692. The summed E-state index contributed by atoms with van der Waals surface area (Å²) in [6, 6.07) is 2.34. The van der Waals surface area contributed by atoms with Crippen LogP contribution >= 0.6 is 0 Å². The number of nitrogens with zero attached hydrogens (tertiary/aromatic N) is 3. The molecule has 5 nitrogen and oxygen atoms in total. The van der Waals surface area contributed by atoms with Crippen LogP contribution in [0.1, 0.15) is 19.8 Å². The van der Waals surface area contributed by atoms with E-state index < -0.39 is 0 Å². The number of anilines is 2. The first-order valence-corrected chi connectivity index (χ1v) is 6.51. The summed E-state index contributed by atoms with van der Waals surface area (Å²) >= 11 is 0. The van der Waals surface area contributed by atoms with Crippen LogP contribution in [0.3, 0.4) is 0 Å². The lowest BCUT2D eigenvalue weighted by Gasteiger charge is -2.28. The molecule has 1 N–H and O–H groups in total. The van der Waals surface area contributed by atoms with Gasteiger partial charge in [0.15, 0.2) is 0 Å². The molecule has 1 fully saturated rings. The molecule has 5 heteroatoms. The third-order valence-corrected chi connectivity index (χ3v) is 3.39. The minimum Gasteiger partial charge on any atom is -0.381 e. The molecule has 2 rings (SSSR count). The Morgan fingerprint density at radius 1 is 1.39 bits per heavy atom. The van der Waals surface area contributed by atoms with Gasteiger partial charge in [0.1, 0.15) is 5.82 Å². The van der Waals surface area contributed by atoms with Crippen molar-refractivity contribution in [2.45, 2.75) is 25.8 Å². The number of rotatable bonds is 4. The quantitative estimate of drug-likeness (QED) is 0.882. The Morgan fingerprint density at radius 2 is 2.11 bits per heavy atom. The largest absolute Gasteiger partial charge is 0.381 e. The average Bonchev–Trinajstić information content (AvgIpc) is 2.40. The zero-order valence-corrected chi connectivity index (χ0v) is 11.4. The van der Waals surface area contributed by atoms with E-state index in [1.54, 1.807) is 6.20 Å². The van der Waals surface area contributed by atoms with E-state index in [0.717, 1.165) is 37.8 Å². The number of aromatic nitrogens is 2. The van der Waals surface area contributed by atoms with E-state index in [-0.39, 0.29) is 0 Å². The second-order valence-electron chi connectivity index (χ2n) is 5.02. The molecule has 1 aliphatic heterocycles. The van der Waals surface area contributed by atoms with Gasteiger partial charge in [-0.2, -0.15) is 4.98 Å². The smallest absolute Gasteiger partial charge is 0.226 e. The van der Waals surface area contributed by atoms with Crippen molar-refractivity contribution >= 4 is 11.8 Å². The summed E-state index contributed by atoms with van der Waals surface area (Å²) < 4.78 is 5.39. The number of nitrogens with one attached hydrogen (secondary N) is 1. The van der Waals surface area contributed by atoms with E-state index in [0.29, 0.717) is 12.0 Å². The first-order chi connectivity index (χ1) is 8.66. The summed E-state index contributed by atoms with van der Waals surface area (Å²) in [5.74, 6) is 2.29. The molecule has 100 valence electrons. The molecule has 1 aliphatic rings. The van der Waals surface area contributed by atoms with Gasteiger partial charge < -0.3 is 15.0 Å². The molecule has 0 saturated carbocycles. The van der Waals surface area contributed by atoms with Crippen LogP contribution in [0.15, 0.2) is 12.3 Å². The van der Waals surface area contributed by atoms with Crippen LogP contribution in [-0.4, -0.2) is 43.3 Å². The van der Waals surface area contributed by atoms with E-state index in [1.807, 2.05) is 25.1 Å². The lowest BCUT2D eigenvalue weighted by molar-refractivity contribution is 0.0622. The van der Waals surface area contributed by atoms with Crippen molar-refractivity contribution in [3.63, 3.8) is 0 Å². The van der Waals surface area contributed by atoms with Gasteiger partial charge in [0.2, 0.25) is 5.95 Å². The molecular weight excluding hydrogens is 228 g/mol. The summed E-state index contributed by atoms with van der Waals surface area (Å²) in [7, 11) is 3.89. The Morgan fingerprint density at radius 3 is 2.78 bits per heavy atom. The highest BCUT2D eigenvalue weighted by Gasteiger charge is 2.20. The van der Waals surface area contributed by atoms with E-state index in [2.05, 4.69) is 22.2 Å². The number of ether oxygens (including phenoxy) is 1. The molecule has 2 heterocycles. The van der Waals surface area contributed by atoms with Crippen molar-refractivity contribution in [2.75, 3.05) is 37.5 Å². The van der Waals surface area contributed by atoms with Crippen molar-refractivity contribution in [1.29, 1.82) is 0 Å². The predicted octanol–water partition coefficient (Wildman–Crippen LogP) is 1.77. The molecule has 0 amide bonds. The third-order valence-electron chi connectivity index (χ3n) is 3.39. The molecule has 1 aromatic heterocycles. The maximum atomic E-state index is 5.39. The molecule has 0 bridgehead atoms. The molecule has 18 heavy (non-hydrogen) atoms. The fourth-order valence-electron chi connectivity index (χ4n) is 2.21. The Kier molecular flexibility index (Phi) is 4.36. The first kappa shape index (κ1) is 13.1. The summed E-state index contributed by atoms with van der Waals surface area (Å²) in [6.07, 6.45) is 4.04. The third kappa shape index (κ3) is 3.32. The minimum absolute atomic E-state index is 0.416. The predicted molar refractivity (Wildman–Crippen MR) is 73.0 cm³/mol. The van der Waals surface area contributed by atoms with Gasteiger partial charge in [-0.25, -0.2) is 4.98 Å². The highest BCUT2D eigenvalue weighted by atomic mass is 16.5. The Balaban J connectivity index is 1.97. The molecule has 0 spiro atoms. The van der Waals surface area contributed by atoms with E-state index in [1.165, 1.54) is 0 Å². The Hall–Kier alpha value is -1.36. The SMILES string of the molecule is CC(Nc1ccnc(N(C)C)n1)C1CCOCC1. The van der Waals surface area contributed by atoms with Crippen molar-refractivity contribution < 1.29 is 4.74 Å². The van der Waals surface area contributed by atoms with Gasteiger partial charge in [0.25, 0.3) is 0 Å². The van der Waals surface area contributed by atoms with Crippen LogP contribution in [-0.2, 0) is 4.74 Å². The van der Waals surface area contributed by atoms with Crippen molar-refractivity contribution in [3.05, 3.63) is 12.3 Å². The maximum absolute atomic E-state index is 5.39. The van der Waals surface area contributed by atoms with Gasteiger partial charge in [-0.3, -0.25) is 0 Å². The Labute approximate surface area is 109 Å². The van der Waals surface area contributed by atoms with Crippen molar-refractivity contribution in [2.24, 2.45) is 5.92 Å². The highest BCUT2D eigenvalue weighted by Crippen LogP contribution is 2.21. The standard InChI is InChI=1S/C13H22N4O/c1-10(11-5-8-18-9-6-11)15-12-4-7-14-13(16-12)17(2)3/h4,7,10-11H,5-6,8-9H2,1-3H3,(H,14,15,16). The lowest BCUT2D eigenvalue weighted by Crippen LogP contribution is -2.31. The summed E-state index contributed by atoms with van der Waals surface area (Å²) in [4.78, 5) is 10.6.